The molecule has 2 aromatic carbocycles. The fourth-order valence-electron chi connectivity index (χ4n) is 2.97. The molecule has 0 spiro atoms. The lowest BCUT2D eigenvalue weighted by molar-refractivity contribution is -0.133. The molecule has 0 bridgehead atoms. The standard InChI is InChI=1S/C21H22FN3O2/c1-15(16-7-9-18(22)10-8-16)23-20(26)11-12-21(27)25-14-13-19(24-25)17-5-3-2-4-6-17/h2-10,15H,11-14H2,1H3,(H,23,26). The van der Waals surface area contributed by atoms with Crippen LogP contribution in [0.3, 0.4) is 0 Å². The third-order valence-corrected chi connectivity index (χ3v) is 4.51. The fraction of sp³-hybridized carbons (Fsp3) is 0.286. The molecule has 27 heavy (non-hydrogen) atoms. The van der Waals surface area contributed by atoms with Gasteiger partial charge in [-0.15, -0.1) is 0 Å². The number of nitrogens with zero attached hydrogens (tertiary/aromatic N) is 2. The largest absolute Gasteiger partial charge is 0.350 e. The molecule has 1 aliphatic rings. The summed E-state index contributed by atoms with van der Waals surface area (Å²) in [6.45, 7) is 2.36. The molecule has 0 saturated carbocycles. The Balaban J connectivity index is 1.48. The second-order valence-corrected chi connectivity index (χ2v) is 6.52. The smallest absolute Gasteiger partial charge is 0.243 e. The summed E-state index contributed by atoms with van der Waals surface area (Å²) in [7, 11) is 0. The van der Waals surface area contributed by atoms with E-state index in [4.69, 9.17) is 0 Å². The number of hydrogen-bond acceptors (Lipinski definition) is 3. The van der Waals surface area contributed by atoms with Gasteiger partial charge in [-0.2, -0.15) is 5.10 Å². The van der Waals surface area contributed by atoms with Gasteiger partial charge in [0.25, 0.3) is 0 Å². The van der Waals surface area contributed by atoms with Gasteiger partial charge in [0.05, 0.1) is 18.3 Å². The van der Waals surface area contributed by atoms with Crippen LogP contribution in [0.4, 0.5) is 4.39 Å². The van der Waals surface area contributed by atoms with Crippen molar-refractivity contribution in [2.24, 2.45) is 5.10 Å². The first-order valence-corrected chi connectivity index (χ1v) is 9.01. The van der Waals surface area contributed by atoms with Crippen molar-refractivity contribution in [3.8, 4) is 0 Å². The van der Waals surface area contributed by atoms with Gasteiger partial charge in [-0.05, 0) is 30.2 Å². The molecule has 140 valence electrons. The highest BCUT2D eigenvalue weighted by Gasteiger charge is 2.22. The summed E-state index contributed by atoms with van der Waals surface area (Å²) >= 11 is 0. The lowest BCUT2D eigenvalue weighted by Crippen LogP contribution is -2.29. The molecule has 2 aromatic rings. The first-order chi connectivity index (χ1) is 13.0. The molecule has 1 N–H and O–H groups in total. The van der Waals surface area contributed by atoms with E-state index in [0.717, 1.165) is 16.8 Å². The molecule has 0 fully saturated rings. The van der Waals surface area contributed by atoms with Gasteiger partial charge in [0, 0.05) is 19.3 Å². The van der Waals surface area contributed by atoms with E-state index < -0.39 is 0 Å². The molecule has 0 aliphatic carbocycles. The number of carbonyl (C=O) groups is 2. The predicted octanol–water partition coefficient (Wildman–Crippen LogP) is 3.42. The number of hydrazone groups is 1. The minimum Gasteiger partial charge on any atom is -0.350 e. The molecule has 3 rings (SSSR count). The Morgan fingerprint density at radius 2 is 1.81 bits per heavy atom. The summed E-state index contributed by atoms with van der Waals surface area (Å²) < 4.78 is 13.0. The Labute approximate surface area is 157 Å². The molecule has 0 saturated heterocycles. The average molecular weight is 367 g/mol. The van der Waals surface area contributed by atoms with Crippen molar-refractivity contribution < 1.29 is 14.0 Å². The normalized spacial score (nSPS) is 14.6. The summed E-state index contributed by atoms with van der Waals surface area (Å²) in [6.07, 6.45) is 0.911. The van der Waals surface area contributed by atoms with Crippen LogP contribution in [0.5, 0.6) is 0 Å². The summed E-state index contributed by atoms with van der Waals surface area (Å²) in [6, 6.07) is 15.5. The first kappa shape index (κ1) is 18.8. The Morgan fingerprint density at radius 1 is 1.11 bits per heavy atom. The molecule has 0 aromatic heterocycles. The van der Waals surface area contributed by atoms with Crippen molar-refractivity contribution in [3.63, 3.8) is 0 Å². The SMILES string of the molecule is CC(NC(=O)CCC(=O)N1CCC(c2ccccc2)=N1)c1ccc(F)cc1. The molecule has 5 nitrogen and oxygen atoms in total. The highest BCUT2D eigenvalue weighted by atomic mass is 19.1. The van der Waals surface area contributed by atoms with Gasteiger partial charge in [0.15, 0.2) is 0 Å². The summed E-state index contributed by atoms with van der Waals surface area (Å²) in [5.74, 6) is -0.693. The van der Waals surface area contributed by atoms with E-state index in [1.807, 2.05) is 37.3 Å². The van der Waals surface area contributed by atoms with Crippen molar-refractivity contribution in [2.45, 2.75) is 32.2 Å². The minimum atomic E-state index is -0.316. The molecule has 1 unspecified atom stereocenters. The molecule has 2 amide bonds. The van der Waals surface area contributed by atoms with Gasteiger partial charge in [0.2, 0.25) is 11.8 Å². The zero-order valence-electron chi connectivity index (χ0n) is 15.2. The lowest BCUT2D eigenvalue weighted by atomic mass is 10.1. The predicted molar refractivity (Wildman–Crippen MR) is 102 cm³/mol. The zero-order valence-corrected chi connectivity index (χ0v) is 15.2. The van der Waals surface area contributed by atoms with E-state index in [2.05, 4.69) is 10.4 Å². The van der Waals surface area contributed by atoms with E-state index >= 15 is 0 Å². The third-order valence-electron chi connectivity index (χ3n) is 4.51. The minimum absolute atomic E-state index is 0.0943. The van der Waals surface area contributed by atoms with Crippen molar-refractivity contribution in [3.05, 3.63) is 71.5 Å². The number of halogens is 1. The van der Waals surface area contributed by atoms with Crippen LogP contribution in [0, 0.1) is 5.82 Å². The maximum absolute atomic E-state index is 13.0. The maximum Gasteiger partial charge on any atom is 0.243 e. The van der Waals surface area contributed by atoms with Crippen LogP contribution >= 0.6 is 0 Å². The van der Waals surface area contributed by atoms with E-state index in [1.165, 1.54) is 17.1 Å². The van der Waals surface area contributed by atoms with Crippen LogP contribution in [0.2, 0.25) is 0 Å². The van der Waals surface area contributed by atoms with Gasteiger partial charge >= 0.3 is 0 Å². The highest BCUT2D eigenvalue weighted by molar-refractivity contribution is 6.02. The van der Waals surface area contributed by atoms with Crippen LogP contribution in [0.1, 0.15) is 43.4 Å². The topological polar surface area (TPSA) is 61.8 Å². The second-order valence-electron chi connectivity index (χ2n) is 6.52. The maximum atomic E-state index is 13.0. The van der Waals surface area contributed by atoms with Crippen LogP contribution in [0.25, 0.3) is 0 Å². The van der Waals surface area contributed by atoms with Gasteiger partial charge in [-0.1, -0.05) is 42.5 Å². The van der Waals surface area contributed by atoms with E-state index in [0.29, 0.717) is 13.0 Å². The average Bonchev–Trinajstić information content (AvgIpc) is 3.17. The fourth-order valence-corrected chi connectivity index (χ4v) is 2.97. The molecule has 1 aliphatic heterocycles. The van der Waals surface area contributed by atoms with Gasteiger partial charge in [-0.25, -0.2) is 9.40 Å². The van der Waals surface area contributed by atoms with Crippen molar-refractivity contribution in [1.82, 2.24) is 10.3 Å². The quantitative estimate of drug-likeness (QED) is 0.850. The molecule has 0 radical (unpaired) electrons. The Bertz CT molecular complexity index is 834. The third kappa shape index (κ3) is 5.00. The molecule has 6 heteroatoms. The zero-order chi connectivity index (χ0) is 19.2. The molecule has 1 atom stereocenters. The Kier molecular flexibility index (Phi) is 5.96. The number of amides is 2. The number of carbonyl (C=O) groups excluding carboxylic acids is 2. The summed E-state index contributed by atoms with van der Waals surface area (Å²) in [4.78, 5) is 24.4. The first-order valence-electron chi connectivity index (χ1n) is 9.01. The summed E-state index contributed by atoms with van der Waals surface area (Å²) in [5, 5.41) is 8.66. The van der Waals surface area contributed by atoms with Crippen molar-refractivity contribution in [2.75, 3.05) is 6.54 Å². The van der Waals surface area contributed by atoms with Gasteiger partial charge < -0.3 is 5.32 Å². The van der Waals surface area contributed by atoms with E-state index in [-0.39, 0.29) is 36.5 Å². The monoisotopic (exact) mass is 367 g/mol. The Morgan fingerprint density at radius 3 is 2.52 bits per heavy atom. The Hall–Kier alpha value is -3.02. The number of nitrogens with one attached hydrogen (secondary N) is 1. The van der Waals surface area contributed by atoms with E-state index in [1.54, 1.807) is 12.1 Å². The van der Waals surface area contributed by atoms with Crippen LogP contribution < -0.4 is 5.32 Å². The highest BCUT2D eigenvalue weighted by Crippen LogP contribution is 2.16. The van der Waals surface area contributed by atoms with Crippen LogP contribution in [0.15, 0.2) is 59.7 Å². The van der Waals surface area contributed by atoms with Gasteiger partial charge in [-0.3, -0.25) is 9.59 Å². The number of hydrogen-bond donors (Lipinski definition) is 1. The molecular formula is C21H22FN3O2. The molecule has 1 heterocycles. The second kappa shape index (κ2) is 8.58. The van der Waals surface area contributed by atoms with Crippen molar-refractivity contribution >= 4 is 17.5 Å². The van der Waals surface area contributed by atoms with Crippen LogP contribution in [-0.2, 0) is 9.59 Å². The molecular weight excluding hydrogens is 345 g/mol. The lowest BCUT2D eigenvalue weighted by Gasteiger charge is -2.15. The van der Waals surface area contributed by atoms with Crippen molar-refractivity contribution in [1.29, 1.82) is 0 Å². The van der Waals surface area contributed by atoms with Crippen LogP contribution in [-0.4, -0.2) is 29.1 Å². The van der Waals surface area contributed by atoms with E-state index in [9.17, 15) is 14.0 Å². The van der Waals surface area contributed by atoms with Gasteiger partial charge in [0.1, 0.15) is 5.82 Å². The summed E-state index contributed by atoms with van der Waals surface area (Å²) in [5.41, 5.74) is 2.71. The number of rotatable bonds is 6. The number of benzene rings is 2.